The second kappa shape index (κ2) is 9.46. The first kappa shape index (κ1) is 22.2. The number of alkyl carbamates (subject to hydrolysis) is 1. The molecule has 0 bridgehead atoms. The summed E-state index contributed by atoms with van der Waals surface area (Å²) in [6.45, 7) is 10.6. The Hall–Kier alpha value is -1.83. The number of aliphatic carboxylic acids is 1. The number of aliphatic hydroxyl groups is 1. The molecule has 0 spiro atoms. The van der Waals surface area contributed by atoms with E-state index < -0.39 is 41.8 Å². The first-order valence-electron chi connectivity index (χ1n) is 8.08. The summed E-state index contributed by atoms with van der Waals surface area (Å²) in [7, 11) is 0. The molecule has 0 heterocycles. The fourth-order valence-electron chi connectivity index (χ4n) is 2.01. The second-order valence-corrected chi connectivity index (χ2v) is 7.13. The molecule has 0 aliphatic carbocycles. The largest absolute Gasteiger partial charge is 0.479 e. The van der Waals surface area contributed by atoms with Crippen molar-refractivity contribution in [3.8, 4) is 0 Å². The topological polar surface area (TPSA) is 125 Å². The highest BCUT2D eigenvalue weighted by Gasteiger charge is 2.30. The molecule has 0 aliphatic heterocycles. The van der Waals surface area contributed by atoms with E-state index in [1.54, 1.807) is 27.7 Å². The fourth-order valence-corrected chi connectivity index (χ4v) is 2.01. The van der Waals surface area contributed by atoms with Crippen LogP contribution < -0.4 is 10.6 Å². The summed E-state index contributed by atoms with van der Waals surface area (Å²) >= 11 is 0. The molecule has 8 heteroatoms. The summed E-state index contributed by atoms with van der Waals surface area (Å²) in [4.78, 5) is 35.2. The molecule has 3 atom stereocenters. The zero-order chi connectivity index (χ0) is 19.1. The van der Waals surface area contributed by atoms with Gasteiger partial charge in [0.1, 0.15) is 11.6 Å². The number of amides is 2. The minimum Gasteiger partial charge on any atom is -0.479 e. The van der Waals surface area contributed by atoms with Crippen LogP contribution in [0.4, 0.5) is 4.79 Å². The van der Waals surface area contributed by atoms with Crippen LogP contribution >= 0.6 is 0 Å². The van der Waals surface area contributed by atoms with E-state index in [1.807, 2.05) is 13.8 Å². The lowest BCUT2D eigenvalue weighted by molar-refractivity contribution is -0.148. The molecule has 0 saturated carbocycles. The zero-order valence-electron chi connectivity index (χ0n) is 15.3. The van der Waals surface area contributed by atoms with Gasteiger partial charge in [0, 0.05) is 0 Å². The van der Waals surface area contributed by atoms with E-state index in [2.05, 4.69) is 10.6 Å². The monoisotopic (exact) mass is 346 g/mol. The van der Waals surface area contributed by atoms with Gasteiger partial charge in [-0.05, 0) is 39.5 Å². The van der Waals surface area contributed by atoms with Crippen molar-refractivity contribution in [2.75, 3.05) is 0 Å². The van der Waals surface area contributed by atoms with Gasteiger partial charge in [-0.1, -0.05) is 20.8 Å². The lowest BCUT2D eigenvalue weighted by Crippen LogP contribution is -2.54. The Labute approximate surface area is 142 Å². The Morgan fingerprint density at radius 3 is 2.04 bits per heavy atom. The maximum Gasteiger partial charge on any atom is 0.408 e. The number of carbonyl (C=O) groups excluding carboxylic acids is 2. The van der Waals surface area contributed by atoms with Crippen LogP contribution in [-0.4, -0.2) is 52.0 Å². The van der Waals surface area contributed by atoms with E-state index in [0.29, 0.717) is 6.42 Å². The van der Waals surface area contributed by atoms with Crippen LogP contribution in [-0.2, 0) is 14.3 Å². The predicted octanol–water partition coefficient (Wildman–Crippen LogP) is 1.27. The average molecular weight is 346 g/mol. The van der Waals surface area contributed by atoms with E-state index in [4.69, 9.17) is 9.84 Å². The lowest BCUT2D eigenvalue weighted by Gasteiger charge is -2.26. The number of rotatable bonds is 8. The van der Waals surface area contributed by atoms with Gasteiger partial charge < -0.3 is 25.6 Å². The third kappa shape index (κ3) is 8.71. The number of carboxylic acids is 1. The molecule has 0 aliphatic rings. The van der Waals surface area contributed by atoms with Gasteiger partial charge in [-0.15, -0.1) is 0 Å². The van der Waals surface area contributed by atoms with E-state index >= 15 is 0 Å². The van der Waals surface area contributed by atoms with Gasteiger partial charge >= 0.3 is 12.1 Å². The van der Waals surface area contributed by atoms with E-state index in [-0.39, 0.29) is 12.3 Å². The number of hydrogen-bond donors (Lipinski definition) is 4. The SMILES string of the molecule is CCC(NC(=O)C(CC(C)C)NC(=O)OC(C)(C)C)C(O)C(=O)O. The molecule has 0 fully saturated rings. The minimum absolute atomic E-state index is 0.111. The van der Waals surface area contributed by atoms with E-state index in [9.17, 15) is 19.5 Å². The van der Waals surface area contributed by atoms with Crippen LogP contribution in [0.5, 0.6) is 0 Å². The molecule has 140 valence electrons. The van der Waals surface area contributed by atoms with Crippen molar-refractivity contribution in [2.45, 2.75) is 78.2 Å². The number of carboxylic acid groups (broad SMARTS) is 1. The average Bonchev–Trinajstić information content (AvgIpc) is 2.40. The first-order chi connectivity index (χ1) is 10.9. The van der Waals surface area contributed by atoms with Crippen molar-refractivity contribution in [2.24, 2.45) is 5.92 Å². The summed E-state index contributed by atoms with van der Waals surface area (Å²) in [5.74, 6) is -1.86. The predicted molar refractivity (Wildman–Crippen MR) is 88.5 cm³/mol. The summed E-state index contributed by atoms with van der Waals surface area (Å²) < 4.78 is 5.14. The van der Waals surface area contributed by atoms with E-state index in [0.717, 1.165) is 0 Å². The molecule has 3 unspecified atom stereocenters. The number of carbonyl (C=O) groups is 3. The molecule has 0 saturated heterocycles. The van der Waals surface area contributed by atoms with Crippen molar-refractivity contribution >= 4 is 18.0 Å². The molecule has 24 heavy (non-hydrogen) atoms. The Bertz CT molecular complexity index is 444. The number of nitrogens with one attached hydrogen (secondary N) is 2. The summed E-state index contributed by atoms with van der Waals surface area (Å²) in [6, 6.07) is -1.82. The minimum atomic E-state index is -1.71. The lowest BCUT2D eigenvalue weighted by atomic mass is 10.0. The zero-order valence-corrected chi connectivity index (χ0v) is 15.3. The van der Waals surface area contributed by atoms with Gasteiger partial charge in [0.2, 0.25) is 5.91 Å². The van der Waals surface area contributed by atoms with Gasteiger partial charge in [0.15, 0.2) is 6.10 Å². The summed E-state index contributed by atoms with van der Waals surface area (Å²) in [6.07, 6.45) is -1.85. The van der Waals surface area contributed by atoms with Crippen molar-refractivity contribution in [3.05, 3.63) is 0 Å². The van der Waals surface area contributed by atoms with Gasteiger partial charge in [0.25, 0.3) is 0 Å². The standard InChI is InChI=1S/C16H30N2O6/c1-7-10(12(19)14(21)22)17-13(20)11(8-9(2)3)18-15(23)24-16(4,5)6/h9-12,19H,7-8H2,1-6H3,(H,17,20)(H,18,23)(H,21,22). The van der Waals surface area contributed by atoms with Crippen LogP contribution in [0.3, 0.4) is 0 Å². The third-order valence-electron chi connectivity index (χ3n) is 3.12. The fraction of sp³-hybridized carbons (Fsp3) is 0.812. The Morgan fingerprint density at radius 1 is 1.12 bits per heavy atom. The Morgan fingerprint density at radius 2 is 1.67 bits per heavy atom. The smallest absolute Gasteiger partial charge is 0.408 e. The Balaban J connectivity index is 4.99. The summed E-state index contributed by atoms with van der Waals surface area (Å²) in [5.41, 5.74) is -0.700. The molecule has 4 N–H and O–H groups in total. The van der Waals surface area contributed by atoms with E-state index in [1.165, 1.54) is 0 Å². The Kier molecular flexibility index (Phi) is 8.74. The van der Waals surface area contributed by atoms with Crippen molar-refractivity contribution in [3.63, 3.8) is 0 Å². The quantitative estimate of drug-likeness (QED) is 0.524. The molecule has 0 aromatic carbocycles. The molecule has 8 nitrogen and oxygen atoms in total. The number of aliphatic hydroxyl groups excluding tert-OH is 1. The van der Waals surface area contributed by atoms with Gasteiger partial charge in [-0.2, -0.15) is 0 Å². The summed E-state index contributed by atoms with van der Waals surface area (Å²) in [5, 5.41) is 23.5. The van der Waals surface area contributed by atoms with Crippen molar-refractivity contribution < 1.29 is 29.3 Å². The highest BCUT2D eigenvalue weighted by Crippen LogP contribution is 2.10. The van der Waals surface area contributed by atoms with Crippen LogP contribution in [0.15, 0.2) is 0 Å². The third-order valence-corrected chi connectivity index (χ3v) is 3.12. The molecule has 0 radical (unpaired) electrons. The van der Waals surface area contributed by atoms with Crippen LogP contribution in [0.25, 0.3) is 0 Å². The molecule has 2 amide bonds. The van der Waals surface area contributed by atoms with Gasteiger partial charge in [-0.25, -0.2) is 9.59 Å². The van der Waals surface area contributed by atoms with Gasteiger partial charge in [-0.3, -0.25) is 4.79 Å². The maximum absolute atomic E-state index is 12.4. The van der Waals surface area contributed by atoms with Crippen LogP contribution in [0.2, 0.25) is 0 Å². The number of ether oxygens (including phenoxy) is 1. The second-order valence-electron chi connectivity index (χ2n) is 7.13. The highest BCUT2D eigenvalue weighted by atomic mass is 16.6. The highest BCUT2D eigenvalue weighted by molar-refractivity contribution is 5.86. The van der Waals surface area contributed by atoms with Gasteiger partial charge in [0.05, 0.1) is 6.04 Å². The molecule has 0 aromatic rings. The van der Waals surface area contributed by atoms with Crippen LogP contribution in [0.1, 0.15) is 54.4 Å². The normalized spacial score (nSPS) is 15.3. The molecule has 0 aromatic heterocycles. The van der Waals surface area contributed by atoms with Crippen molar-refractivity contribution in [1.82, 2.24) is 10.6 Å². The first-order valence-corrected chi connectivity index (χ1v) is 8.08. The van der Waals surface area contributed by atoms with Crippen molar-refractivity contribution in [1.29, 1.82) is 0 Å². The number of hydrogen-bond acceptors (Lipinski definition) is 5. The molecule has 0 rings (SSSR count). The maximum atomic E-state index is 12.4. The van der Waals surface area contributed by atoms with Crippen LogP contribution in [0, 0.1) is 5.92 Å². The molecular weight excluding hydrogens is 316 g/mol. The molecular formula is C16H30N2O6.